The number of ether oxygens (including phenoxy) is 1. The second-order valence-electron chi connectivity index (χ2n) is 2.81. The SMILES string of the molecule is COc1c(Br)cccc1CC(C)=O. The summed E-state index contributed by atoms with van der Waals surface area (Å²) in [6.45, 7) is 1.57. The van der Waals surface area contributed by atoms with Crippen molar-refractivity contribution in [2.75, 3.05) is 7.11 Å². The third-order valence-electron chi connectivity index (χ3n) is 1.69. The Kier molecular flexibility index (Phi) is 3.48. The van der Waals surface area contributed by atoms with Gasteiger partial charge in [0, 0.05) is 12.0 Å². The molecule has 0 fully saturated rings. The van der Waals surface area contributed by atoms with Gasteiger partial charge in [-0.3, -0.25) is 4.79 Å². The summed E-state index contributed by atoms with van der Waals surface area (Å²) in [4.78, 5) is 10.9. The van der Waals surface area contributed by atoms with Gasteiger partial charge >= 0.3 is 0 Å². The van der Waals surface area contributed by atoms with Crippen molar-refractivity contribution in [2.45, 2.75) is 13.3 Å². The van der Waals surface area contributed by atoms with Gasteiger partial charge in [0.25, 0.3) is 0 Å². The Hall–Kier alpha value is -0.830. The minimum atomic E-state index is 0.136. The van der Waals surface area contributed by atoms with Crippen molar-refractivity contribution in [1.82, 2.24) is 0 Å². The zero-order valence-corrected chi connectivity index (χ0v) is 9.22. The van der Waals surface area contributed by atoms with Crippen LogP contribution in [0.25, 0.3) is 0 Å². The van der Waals surface area contributed by atoms with E-state index < -0.39 is 0 Å². The van der Waals surface area contributed by atoms with E-state index in [1.807, 2.05) is 18.2 Å². The predicted octanol–water partition coefficient (Wildman–Crippen LogP) is 2.59. The summed E-state index contributed by atoms with van der Waals surface area (Å²) in [7, 11) is 1.60. The van der Waals surface area contributed by atoms with Crippen molar-refractivity contribution in [2.24, 2.45) is 0 Å². The molecule has 3 heteroatoms. The fraction of sp³-hybridized carbons (Fsp3) is 0.300. The normalized spacial score (nSPS) is 9.77. The Morgan fingerprint density at radius 2 is 2.23 bits per heavy atom. The highest BCUT2D eigenvalue weighted by molar-refractivity contribution is 9.10. The van der Waals surface area contributed by atoms with E-state index in [1.54, 1.807) is 14.0 Å². The summed E-state index contributed by atoms with van der Waals surface area (Å²) >= 11 is 3.36. The standard InChI is InChI=1S/C10H11BrO2/c1-7(12)6-8-4-3-5-9(11)10(8)13-2/h3-5H,6H2,1-2H3. The summed E-state index contributed by atoms with van der Waals surface area (Å²) < 4.78 is 6.06. The summed E-state index contributed by atoms with van der Waals surface area (Å²) in [5.41, 5.74) is 0.921. The zero-order valence-electron chi connectivity index (χ0n) is 7.63. The van der Waals surface area contributed by atoms with Crippen LogP contribution in [-0.4, -0.2) is 12.9 Å². The van der Waals surface area contributed by atoms with Crippen LogP contribution in [0.2, 0.25) is 0 Å². The van der Waals surface area contributed by atoms with Gasteiger partial charge in [0.15, 0.2) is 0 Å². The number of ketones is 1. The molecule has 0 heterocycles. The number of carbonyl (C=O) groups is 1. The van der Waals surface area contributed by atoms with Crippen LogP contribution in [0.4, 0.5) is 0 Å². The van der Waals surface area contributed by atoms with E-state index in [4.69, 9.17) is 4.74 Å². The molecule has 0 radical (unpaired) electrons. The van der Waals surface area contributed by atoms with Gasteiger partial charge in [-0.2, -0.15) is 0 Å². The minimum Gasteiger partial charge on any atom is -0.495 e. The molecular weight excluding hydrogens is 232 g/mol. The molecule has 1 aromatic rings. The lowest BCUT2D eigenvalue weighted by molar-refractivity contribution is -0.116. The van der Waals surface area contributed by atoms with Crippen molar-refractivity contribution in [1.29, 1.82) is 0 Å². The molecule has 0 N–H and O–H groups in total. The Morgan fingerprint density at radius 1 is 1.54 bits per heavy atom. The van der Waals surface area contributed by atoms with Crippen LogP contribution in [0.3, 0.4) is 0 Å². The number of halogens is 1. The molecular formula is C10H11BrO2. The van der Waals surface area contributed by atoms with Crippen LogP contribution in [-0.2, 0) is 11.2 Å². The number of Topliss-reactive ketones (excluding diaryl/α,β-unsaturated/α-hetero) is 1. The Balaban J connectivity index is 3.05. The van der Waals surface area contributed by atoms with E-state index in [2.05, 4.69) is 15.9 Å². The van der Waals surface area contributed by atoms with E-state index in [0.717, 1.165) is 15.8 Å². The third-order valence-corrected chi connectivity index (χ3v) is 2.32. The average molecular weight is 243 g/mol. The fourth-order valence-corrected chi connectivity index (χ4v) is 1.76. The molecule has 70 valence electrons. The molecule has 2 nitrogen and oxygen atoms in total. The van der Waals surface area contributed by atoms with E-state index >= 15 is 0 Å². The van der Waals surface area contributed by atoms with Gasteiger partial charge in [-0.1, -0.05) is 12.1 Å². The molecule has 13 heavy (non-hydrogen) atoms. The molecule has 1 rings (SSSR count). The molecule has 0 saturated heterocycles. The maximum atomic E-state index is 10.9. The number of para-hydroxylation sites is 1. The van der Waals surface area contributed by atoms with Gasteiger partial charge in [0.2, 0.25) is 0 Å². The van der Waals surface area contributed by atoms with Crippen LogP contribution in [0.1, 0.15) is 12.5 Å². The summed E-state index contributed by atoms with van der Waals surface area (Å²) in [6.07, 6.45) is 0.419. The zero-order chi connectivity index (χ0) is 9.84. The number of rotatable bonds is 3. The Labute approximate surface area is 86.0 Å². The monoisotopic (exact) mass is 242 g/mol. The first-order chi connectivity index (χ1) is 6.15. The van der Waals surface area contributed by atoms with Gasteiger partial charge in [-0.25, -0.2) is 0 Å². The third kappa shape index (κ3) is 2.56. The summed E-state index contributed by atoms with van der Waals surface area (Å²) in [6, 6.07) is 5.68. The van der Waals surface area contributed by atoms with E-state index in [9.17, 15) is 4.79 Å². The Bertz CT molecular complexity index is 321. The molecule has 0 saturated carbocycles. The fourth-order valence-electron chi connectivity index (χ4n) is 1.19. The van der Waals surface area contributed by atoms with Gasteiger partial charge in [-0.05, 0) is 28.9 Å². The lowest BCUT2D eigenvalue weighted by Gasteiger charge is -2.08. The highest BCUT2D eigenvalue weighted by Gasteiger charge is 2.07. The van der Waals surface area contributed by atoms with Crippen molar-refractivity contribution < 1.29 is 9.53 Å². The second kappa shape index (κ2) is 4.42. The van der Waals surface area contributed by atoms with Crippen molar-refractivity contribution >= 4 is 21.7 Å². The summed E-state index contributed by atoms with van der Waals surface area (Å²) in [5, 5.41) is 0. The van der Waals surface area contributed by atoms with Gasteiger partial charge in [-0.15, -0.1) is 0 Å². The van der Waals surface area contributed by atoms with Crippen molar-refractivity contribution in [3.63, 3.8) is 0 Å². The van der Waals surface area contributed by atoms with Crippen molar-refractivity contribution in [3.8, 4) is 5.75 Å². The van der Waals surface area contributed by atoms with E-state index in [0.29, 0.717) is 6.42 Å². The number of carbonyl (C=O) groups excluding carboxylic acids is 1. The number of methoxy groups -OCH3 is 1. The van der Waals surface area contributed by atoms with Gasteiger partial charge in [0.1, 0.15) is 11.5 Å². The highest BCUT2D eigenvalue weighted by Crippen LogP contribution is 2.28. The largest absolute Gasteiger partial charge is 0.495 e. The lowest BCUT2D eigenvalue weighted by Crippen LogP contribution is -1.99. The number of benzene rings is 1. The van der Waals surface area contributed by atoms with Gasteiger partial charge in [0.05, 0.1) is 11.6 Å². The molecule has 0 aliphatic rings. The van der Waals surface area contributed by atoms with Crippen LogP contribution in [0.5, 0.6) is 5.75 Å². The average Bonchev–Trinajstić information content (AvgIpc) is 2.03. The molecule has 0 aliphatic heterocycles. The first-order valence-corrected chi connectivity index (χ1v) is 4.75. The van der Waals surface area contributed by atoms with E-state index in [-0.39, 0.29) is 5.78 Å². The molecule has 0 amide bonds. The summed E-state index contributed by atoms with van der Waals surface area (Å²) in [5.74, 6) is 0.883. The molecule has 0 atom stereocenters. The Morgan fingerprint density at radius 3 is 2.77 bits per heavy atom. The highest BCUT2D eigenvalue weighted by atomic mass is 79.9. The maximum Gasteiger partial charge on any atom is 0.136 e. The minimum absolute atomic E-state index is 0.136. The first kappa shape index (κ1) is 10.3. The van der Waals surface area contributed by atoms with Crippen LogP contribution in [0, 0.1) is 0 Å². The molecule has 0 spiro atoms. The number of hydrogen-bond acceptors (Lipinski definition) is 2. The first-order valence-electron chi connectivity index (χ1n) is 3.96. The second-order valence-corrected chi connectivity index (χ2v) is 3.67. The quantitative estimate of drug-likeness (QED) is 0.815. The maximum absolute atomic E-state index is 10.9. The predicted molar refractivity (Wildman–Crippen MR) is 55.1 cm³/mol. The molecule has 0 aliphatic carbocycles. The van der Waals surface area contributed by atoms with Gasteiger partial charge < -0.3 is 4.74 Å². The molecule has 0 aromatic heterocycles. The smallest absolute Gasteiger partial charge is 0.136 e. The number of hydrogen-bond donors (Lipinski definition) is 0. The van der Waals surface area contributed by atoms with Crippen LogP contribution < -0.4 is 4.74 Å². The molecule has 1 aromatic carbocycles. The lowest BCUT2D eigenvalue weighted by atomic mass is 10.1. The van der Waals surface area contributed by atoms with Crippen LogP contribution in [0.15, 0.2) is 22.7 Å². The molecule has 0 bridgehead atoms. The van der Waals surface area contributed by atoms with Crippen molar-refractivity contribution in [3.05, 3.63) is 28.2 Å². The van der Waals surface area contributed by atoms with Crippen LogP contribution >= 0.6 is 15.9 Å². The topological polar surface area (TPSA) is 26.3 Å². The molecule has 0 unspecified atom stereocenters. The van der Waals surface area contributed by atoms with E-state index in [1.165, 1.54) is 0 Å².